The number of carbonyl (C=O) groups excluding carboxylic acids is 1. The zero-order valence-electron chi connectivity index (χ0n) is 23.9. The summed E-state index contributed by atoms with van der Waals surface area (Å²) >= 11 is 0. The maximum atomic E-state index is 13.9. The van der Waals surface area contributed by atoms with E-state index < -0.39 is 53.3 Å². The number of aliphatic hydroxyl groups is 1. The van der Waals surface area contributed by atoms with E-state index >= 15 is 0 Å². The Bertz CT molecular complexity index is 1350. The van der Waals surface area contributed by atoms with Crippen LogP contribution in [0.2, 0.25) is 0 Å². The highest BCUT2D eigenvalue weighted by Gasteiger charge is 2.51. The van der Waals surface area contributed by atoms with E-state index in [9.17, 15) is 36.2 Å². The fraction of sp³-hybridized carbons (Fsp3) is 0.406. The molecule has 1 aliphatic heterocycles. The molecule has 0 spiro atoms. The summed E-state index contributed by atoms with van der Waals surface area (Å²) in [4.78, 5) is 15.3. The molecule has 1 aliphatic rings. The minimum Gasteiger partial charge on any atom is -0.445 e. The molecule has 0 bridgehead atoms. The molecule has 1 fully saturated rings. The van der Waals surface area contributed by atoms with Crippen LogP contribution in [0.5, 0.6) is 0 Å². The van der Waals surface area contributed by atoms with E-state index in [4.69, 9.17) is 15.2 Å². The Labute approximate surface area is 251 Å². The number of halogens is 6. The molecule has 6 nitrogen and oxygen atoms in total. The Kier molecular flexibility index (Phi) is 10.3. The van der Waals surface area contributed by atoms with E-state index in [0.717, 1.165) is 5.56 Å². The van der Waals surface area contributed by atoms with Gasteiger partial charge in [-0.05, 0) is 61.1 Å². The van der Waals surface area contributed by atoms with Gasteiger partial charge in [0.2, 0.25) is 0 Å². The first-order valence-corrected chi connectivity index (χ1v) is 14.1. The highest BCUT2D eigenvalue weighted by Crippen LogP contribution is 2.44. The Morgan fingerprint density at radius 3 is 2.09 bits per heavy atom. The quantitative estimate of drug-likeness (QED) is 0.246. The summed E-state index contributed by atoms with van der Waals surface area (Å²) in [5.74, 6) is 0. The van der Waals surface area contributed by atoms with Gasteiger partial charge in [0.05, 0.1) is 35.4 Å². The lowest BCUT2D eigenvalue weighted by molar-refractivity contribution is -0.143. The van der Waals surface area contributed by atoms with Crippen LogP contribution in [0.4, 0.5) is 31.1 Å². The van der Waals surface area contributed by atoms with E-state index in [0.29, 0.717) is 24.1 Å². The maximum absolute atomic E-state index is 13.9. The predicted molar refractivity (Wildman–Crippen MR) is 150 cm³/mol. The van der Waals surface area contributed by atoms with Crippen molar-refractivity contribution in [2.45, 2.75) is 68.9 Å². The fourth-order valence-corrected chi connectivity index (χ4v) is 5.63. The topological polar surface area (TPSA) is 85.0 Å². The smallest absolute Gasteiger partial charge is 0.416 e. The van der Waals surface area contributed by atoms with Gasteiger partial charge in [0, 0.05) is 12.6 Å². The van der Waals surface area contributed by atoms with E-state index in [2.05, 4.69) is 0 Å². The zero-order valence-corrected chi connectivity index (χ0v) is 23.9. The zero-order chi connectivity index (χ0) is 32.1. The van der Waals surface area contributed by atoms with Gasteiger partial charge in [-0.1, -0.05) is 60.7 Å². The number of nitrogens with two attached hydrogens (primary N) is 1. The standard InChI is InChI=1S/C32H34F6N2O4/c1-21(23-16-25(31(33,34)35)18-26(17-23)32(36,37)38)44-20-30(24-10-6-3-7-11-24)14-12-27(39)28(13-15-41)40(30)29(42)43-19-22-8-4-2-5-9-22/h2-11,16-18,21,27-28,41H,12-15,19-20,39H2,1H3/t21-,27+,28-,30?/m1/s1. The number of hydrogen-bond acceptors (Lipinski definition) is 5. The number of benzene rings is 3. The first kappa shape index (κ1) is 33.3. The summed E-state index contributed by atoms with van der Waals surface area (Å²) in [5, 5.41) is 9.89. The molecule has 4 atom stereocenters. The van der Waals surface area contributed by atoms with Crippen molar-refractivity contribution in [2.75, 3.05) is 13.2 Å². The van der Waals surface area contributed by atoms with Crippen molar-refractivity contribution in [1.82, 2.24) is 4.90 Å². The van der Waals surface area contributed by atoms with Gasteiger partial charge >= 0.3 is 18.4 Å². The highest BCUT2D eigenvalue weighted by atomic mass is 19.4. The van der Waals surface area contributed by atoms with Crippen LogP contribution in [-0.2, 0) is 34.0 Å². The van der Waals surface area contributed by atoms with Gasteiger partial charge in [0.15, 0.2) is 0 Å². The van der Waals surface area contributed by atoms with Crippen molar-refractivity contribution >= 4 is 6.09 Å². The van der Waals surface area contributed by atoms with Crippen LogP contribution in [0, 0.1) is 0 Å². The third-order valence-corrected chi connectivity index (χ3v) is 7.97. The van der Waals surface area contributed by atoms with Crippen LogP contribution in [0.1, 0.15) is 60.1 Å². The van der Waals surface area contributed by atoms with Crippen LogP contribution in [-0.4, -0.2) is 41.4 Å². The second-order valence-electron chi connectivity index (χ2n) is 10.9. The van der Waals surface area contributed by atoms with Crippen molar-refractivity contribution in [3.8, 4) is 0 Å². The Hall–Kier alpha value is -3.61. The molecule has 12 heteroatoms. The largest absolute Gasteiger partial charge is 0.445 e. The van der Waals surface area contributed by atoms with Gasteiger partial charge < -0.3 is 20.3 Å². The molecule has 3 N–H and O–H groups in total. The number of rotatable bonds is 9. The van der Waals surface area contributed by atoms with Crippen molar-refractivity contribution in [3.63, 3.8) is 0 Å². The van der Waals surface area contributed by atoms with Crippen molar-refractivity contribution in [1.29, 1.82) is 0 Å². The predicted octanol–water partition coefficient (Wildman–Crippen LogP) is 7.21. The highest BCUT2D eigenvalue weighted by molar-refractivity contribution is 5.70. The number of ether oxygens (including phenoxy) is 2. The van der Waals surface area contributed by atoms with Crippen LogP contribution in [0.15, 0.2) is 78.9 Å². The van der Waals surface area contributed by atoms with E-state index in [1.165, 1.54) is 11.8 Å². The molecule has 0 radical (unpaired) electrons. The number of carbonyl (C=O) groups is 1. The Balaban J connectivity index is 1.73. The van der Waals surface area contributed by atoms with Gasteiger partial charge in [-0.25, -0.2) is 4.79 Å². The summed E-state index contributed by atoms with van der Waals surface area (Å²) in [5.41, 5.74) is 3.28. The number of aliphatic hydroxyl groups excluding tert-OH is 1. The van der Waals surface area contributed by atoms with Crippen LogP contribution in [0.25, 0.3) is 0 Å². The summed E-state index contributed by atoms with van der Waals surface area (Å²) in [6, 6.07) is 17.8. The second kappa shape index (κ2) is 13.6. The third-order valence-electron chi connectivity index (χ3n) is 7.97. The molecule has 1 heterocycles. The Morgan fingerprint density at radius 2 is 1.55 bits per heavy atom. The molecule has 3 aromatic carbocycles. The second-order valence-corrected chi connectivity index (χ2v) is 10.9. The molecule has 44 heavy (non-hydrogen) atoms. The van der Waals surface area contributed by atoms with Gasteiger partial charge in [-0.15, -0.1) is 0 Å². The number of likely N-dealkylation sites (tertiary alicyclic amines) is 1. The lowest BCUT2D eigenvalue weighted by atomic mass is 9.76. The van der Waals surface area contributed by atoms with Gasteiger partial charge in [-0.2, -0.15) is 26.3 Å². The van der Waals surface area contributed by atoms with Gasteiger partial charge in [-0.3, -0.25) is 4.90 Å². The molecule has 0 saturated carbocycles. The van der Waals surface area contributed by atoms with E-state index in [1.54, 1.807) is 54.6 Å². The number of piperidine rings is 1. The van der Waals surface area contributed by atoms with Crippen LogP contribution < -0.4 is 5.73 Å². The number of hydrogen-bond donors (Lipinski definition) is 2. The summed E-state index contributed by atoms with van der Waals surface area (Å²) in [6.07, 6.45) is -11.3. The average Bonchev–Trinajstić information content (AvgIpc) is 3.00. The summed E-state index contributed by atoms with van der Waals surface area (Å²) in [7, 11) is 0. The summed E-state index contributed by atoms with van der Waals surface area (Å²) < 4.78 is 93.1. The fourth-order valence-electron chi connectivity index (χ4n) is 5.63. The average molecular weight is 625 g/mol. The van der Waals surface area contributed by atoms with Crippen molar-refractivity contribution < 1.29 is 45.7 Å². The normalized spacial score (nSPS) is 21.6. The van der Waals surface area contributed by atoms with Crippen molar-refractivity contribution in [2.24, 2.45) is 5.73 Å². The molecule has 238 valence electrons. The molecule has 3 aromatic rings. The Morgan fingerprint density at radius 1 is 0.977 bits per heavy atom. The maximum Gasteiger partial charge on any atom is 0.416 e. The minimum absolute atomic E-state index is 0.0637. The third kappa shape index (κ3) is 7.54. The van der Waals surface area contributed by atoms with E-state index in [-0.39, 0.29) is 44.3 Å². The van der Waals surface area contributed by atoms with Gasteiger partial charge in [0.25, 0.3) is 0 Å². The number of alkyl halides is 6. The van der Waals surface area contributed by atoms with Gasteiger partial charge in [0.1, 0.15) is 6.61 Å². The molecule has 4 rings (SSSR count). The monoisotopic (exact) mass is 624 g/mol. The van der Waals surface area contributed by atoms with Crippen LogP contribution >= 0.6 is 0 Å². The molecule has 0 aromatic heterocycles. The van der Waals surface area contributed by atoms with Crippen LogP contribution in [0.3, 0.4) is 0 Å². The molecule has 1 saturated heterocycles. The first-order valence-electron chi connectivity index (χ1n) is 14.1. The SMILES string of the molecule is C[C@@H](OCC1(c2ccccc2)CC[C@H](N)[C@@H](CCO)N1C(=O)OCc1ccccc1)c1cc(C(F)(F)F)cc(C(F)(F)F)c1. The lowest BCUT2D eigenvalue weighted by Gasteiger charge is -2.53. The minimum atomic E-state index is -5.02. The molecule has 0 aliphatic carbocycles. The molecular weight excluding hydrogens is 590 g/mol. The summed E-state index contributed by atoms with van der Waals surface area (Å²) in [6.45, 7) is 0.689. The molecule has 1 amide bonds. The van der Waals surface area contributed by atoms with E-state index in [1.807, 2.05) is 6.07 Å². The number of nitrogens with zero attached hydrogens (tertiary/aromatic N) is 1. The van der Waals surface area contributed by atoms with Crippen molar-refractivity contribution in [3.05, 3.63) is 107 Å². The molecular formula is C32H34F6N2O4. The number of amides is 1. The first-order chi connectivity index (χ1) is 20.8. The lowest BCUT2D eigenvalue weighted by Crippen LogP contribution is -2.65. The molecule has 1 unspecified atom stereocenters.